The Kier molecular flexibility index (Phi) is 4.84. The Morgan fingerprint density at radius 2 is 2.00 bits per heavy atom. The first-order chi connectivity index (χ1) is 4.13. The fourth-order valence-electron chi connectivity index (χ4n) is 0.804. The molecule has 0 aromatic carbocycles. The zero-order valence-corrected chi connectivity index (χ0v) is 6.91. The van der Waals surface area contributed by atoms with E-state index in [1.807, 2.05) is 0 Å². The Hall–Kier alpha value is 0. The van der Waals surface area contributed by atoms with Gasteiger partial charge in [-0.3, -0.25) is 0 Å². The third-order valence-corrected chi connectivity index (χ3v) is 1.37. The van der Waals surface area contributed by atoms with Crippen LogP contribution in [0.15, 0.2) is 0 Å². The largest absolute Gasteiger partial charge is 0.0625 e. The van der Waals surface area contributed by atoms with Crippen molar-refractivity contribution in [2.75, 3.05) is 0 Å². The monoisotopic (exact) mass is 126 g/mol. The van der Waals surface area contributed by atoms with Crippen LogP contribution < -0.4 is 0 Å². The molecular formula is C9H18. The summed E-state index contributed by atoms with van der Waals surface area (Å²) in [5, 5.41) is 0. The molecule has 2 radical (unpaired) electrons. The molecule has 0 heterocycles. The molecule has 0 nitrogen and oxygen atoms in total. The van der Waals surface area contributed by atoms with Crippen molar-refractivity contribution >= 4 is 0 Å². The van der Waals surface area contributed by atoms with E-state index in [0.717, 1.165) is 0 Å². The molecule has 0 saturated heterocycles. The van der Waals surface area contributed by atoms with Crippen LogP contribution >= 0.6 is 0 Å². The highest BCUT2D eigenvalue weighted by Crippen LogP contribution is 2.11. The van der Waals surface area contributed by atoms with E-state index < -0.39 is 0 Å². The smallest absolute Gasteiger partial charge is 0.0303 e. The normalized spacial score (nSPS) is 11.3. The van der Waals surface area contributed by atoms with Crippen molar-refractivity contribution in [1.82, 2.24) is 0 Å². The van der Waals surface area contributed by atoms with Crippen molar-refractivity contribution in [3.05, 3.63) is 12.8 Å². The third kappa shape index (κ3) is 8.00. The van der Waals surface area contributed by atoms with Crippen molar-refractivity contribution in [3.8, 4) is 0 Å². The van der Waals surface area contributed by atoms with Gasteiger partial charge < -0.3 is 0 Å². The van der Waals surface area contributed by atoms with Gasteiger partial charge in [-0.25, -0.2) is 0 Å². The van der Waals surface area contributed by atoms with E-state index in [4.69, 9.17) is 0 Å². The van der Waals surface area contributed by atoms with Crippen molar-refractivity contribution in [2.45, 2.75) is 40.0 Å². The molecule has 0 aliphatic carbocycles. The van der Waals surface area contributed by atoms with Gasteiger partial charge in [0, 0.05) is 0 Å². The molecule has 0 N–H and O–H groups in total. The number of hydrogen-bond acceptors (Lipinski definition) is 0. The molecule has 0 aliphatic rings. The maximum Gasteiger partial charge on any atom is -0.0303 e. The second-order valence-electron chi connectivity index (χ2n) is 3.20. The van der Waals surface area contributed by atoms with E-state index >= 15 is 0 Å². The van der Waals surface area contributed by atoms with Gasteiger partial charge >= 0.3 is 0 Å². The maximum absolute atomic E-state index is 3.93. The molecule has 0 rings (SSSR count). The summed E-state index contributed by atoms with van der Waals surface area (Å²) in [6, 6.07) is 0. The Balaban J connectivity index is 2.91. The van der Waals surface area contributed by atoms with Crippen LogP contribution in [0.1, 0.15) is 40.0 Å². The molecule has 1 unspecified atom stereocenters. The molecule has 0 saturated carbocycles. The SMILES string of the molecule is [CH2]C(C)CCC[C](C)C. The van der Waals surface area contributed by atoms with Gasteiger partial charge in [0.1, 0.15) is 0 Å². The van der Waals surface area contributed by atoms with Crippen molar-refractivity contribution in [3.63, 3.8) is 0 Å². The Morgan fingerprint density at radius 3 is 2.33 bits per heavy atom. The van der Waals surface area contributed by atoms with E-state index in [2.05, 4.69) is 27.7 Å². The summed E-state index contributed by atoms with van der Waals surface area (Å²) in [6.45, 7) is 10.5. The summed E-state index contributed by atoms with van der Waals surface area (Å²) in [4.78, 5) is 0. The van der Waals surface area contributed by atoms with E-state index in [0.29, 0.717) is 5.92 Å². The molecule has 0 fully saturated rings. The maximum atomic E-state index is 3.93. The second-order valence-corrected chi connectivity index (χ2v) is 3.20. The van der Waals surface area contributed by atoms with Crippen LogP contribution in [-0.4, -0.2) is 0 Å². The van der Waals surface area contributed by atoms with Gasteiger partial charge in [-0.1, -0.05) is 40.5 Å². The topological polar surface area (TPSA) is 0 Å². The lowest BCUT2D eigenvalue weighted by Gasteiger charge is -2.05. The molecule has 0 aromatic heterocycles. The van der Waals surface area contributed by atoms with E-state index in [1.54, 1.807) is 0 Å². The minimum atomic E-state index is 0.629. The Bertz CT molecular complexity index is 45.1. The highest BCUT2D eigenvalue weighted by molar-refractivity contribution is 4.76. The lowest BCUT2D eigenvalue weighted by atomic mass is 10.0. The zero-order chi connectivity index (χ0) is 7.28. The summed E-state index contributed by atoms with van der Waals surface area (Å²) >= 11 is 0. The van der Waals surface area contributed by atoms with Crippen LogP contribution in [0.4, 0.5) is 0 Å². The molecular weight excluding hydrogens is 108 g/mol. The van der Waals surface area contributed by atoms with Crippen molar-refractivity contribution in [2.24, 2.45) is 5.92 Å². The van der Waals surface area contributed by atoms with Crippen LogP contribution in [0.2, 0.25) is 0 Å². The van der Waals surface area contributed by atoms with Gasteiger partial charge in [0.05, 0.1) is 0 Å². The standard InChI is InChI=1S/C9H18/c1-8(2)6-5-7-9(3)4/h8H,1,5-7H2,2-4H3. The fraction of sp³-hybridized carbons (Fsp3) is 0.778. The van der Waals surface area contributed by atoms with Gasteiger partial charge in [0.2, 0.25) is 0 Å². The number of rotatable bonds is 4. The first-order valence-electron chi connectivity index (χ1n) is 3.75. The van der Waals surface area contributed by atoms with Crippen LogP contribution in [0.5, 0.6) is 0 Å². The van der Waals surface area contributed by atoms with Gasteiger partial charge in [-0.2, -0.15) is 0 Å². The highest BCUT2D eigenvalue weighted by atomic mass is 14.0. The summed E-state index contributed by atoms with van der Waals surface area (Å²) in [6.07, 6.45) is 3.86. The Morgan fingerprint density at radius 1 is 1.44 bits per heavy atom. The first kappa shape index (κ1) is 9.00. The van der Waals surface area contributed by atoms with Crippen molar-refractivity contribution in [1.29, 1.82) is 0 Å². The number of hydrogen-bond donors (Lipinski definition) is 0. The Labute approximate surface area is 59.7 Å². The average Bonchev–Trinajstić information content (AvgIpc) is 1.63. The molecule has 9 heavy (non-hydrogen) atoms. The predicted octanol–water partition coefficient (Wildman–Crippen LogP) is 3.24. The van der Waals surface area contributed by atoms with Crippen LogP contribution in [0.25, 0.3) is 0 Å². The lowest BCUT2D eigenvalue weighted by molar-refractivity contribution is 0.585. The summed E-state index contributed by atoms with van der Waals surface area (Å²) < 4.78 is 0. The van der Waals surface area contributed by atoms with Gasteiger partial charge in [-0.15, -0.1) is 0 Å². The minimum absolute atomic E-state index is 0.629. The van der Waals surface area contributed by atoms with Gasteiger partial charge in [-0.05, 0) is 18.3 Å². The predicted molar refractivity (Wildman–Crippen MR) is 43.0 cm³/mol. The minimum Gasteiger partial charge on any atom is -0.0625 e. The molecule has 1 atom stereocenters. The molecule has 0 aliphatic heterocycles. The first-order valence-corrected chi connectivity index (χ1v) is 3.75. The van der Waals surface area contributed by atoms with Crippen molar-refractivity contribution < 1.29 is 0 Å². The van der Waals surface area contributed by atoms with E-state index in [1.165, 1.54) is 25.2 Å². The quantitative estimate of drug-likeness (QED) is 0.542. The zero-order valence-electron chi connectivity index (χ0n) is 6.91. The van der Waals surface area contributed by atoms with Crippen LogP contribution in [0, 0.1) is 18.8 Å². The molecule has 0 aromatic rings. The van der Waals surface area contributed by atoms with Crippen LogP contribution in [0.3, 0.4) is 0 Å². The lowest BCUT2D eigenvalue weighted by Crippen LogP contribution is -1.89. The summed E-state index contributed by atoms with van der Waals surface area (Å²) in [5.41, 5.74) is 0. The average molecular weight is 126 g/mol. The van der Waals surface area contributed by atoms with E-state index in [9.17, 15) is 0 Å². The summed E-state index contributed by atoms with van der Waals surface area (Å²) in [5.74, 6) is 2.17. The molecule has 54 valence electrons. The molecule has 0 bridgehead atoms. The van der Waals surface area contributed by atoms with Gasteiger partial charge in [0.15, 0.2) is 0 Å². The van der Waals surface area contributed by atoms with E-state index in [-0.39, 0.29) is 0 Å². The molecule has 0 heteroatoms. The fourth-order valence-corrected chi connectivity index (χ4v) is 0.804. The summed E-state index contributed by atoms with van der Waals surface area (Å²) in [7, 11) is 0. The third-order valence-electron chi connectivity index (χ3n) is 1.37. The molecule has 0 amide bonds. The van der Waals surface area contributed by atoms with Crippen LogP contribution in [-0.2, 0) is 0 Å². The molecule has 0 spiro atoms. The highest BCUT2D eigenvalue weighted by Gasteiger charge is 1.96. The second kappa shape index (κ2) is 4.84. The van der Waals surface area contributed by atoms with Gasteiger partial charge in [0.25, 0.3) is 0 Å².